The first-order valence-corrected chi connectivity index (χ1v) is 8.82. The number of anilines is 3. The van der Waals surface area contributed by atoms with Gasteiger partial charge in [-0.3, -0.25) is 4.79 Å². The van der Waals surface area contributed by atoms with E-state index in [0.717, 1.165) is 11.4 Å². The van der Waals surface area contributed by atoms with Crippen molar-refractivity contribution in [2.45, 2.75) is 6.92 Å². The van der Waals surface area contributed by atoms with E-state index in [0.29, 0.717) is 27.2 Å². The number of carbonyl (C=O) groups is 1. The molecule has 0 aliphatic carbocycles. The minimum Gasteiger partial charge on any atom is -0.494 e. The van der Waals surface area contributed by atoms with Crippen LogP contribution in [0.4, 0.5) is 16.6 Å². The van der Waals surface area contributed by atoms with Gasteiger partial charge in [-0.05, 0) is 55.5 Å². The predicted octanol–water partition coefficient (Wildman–Crippen LogP) is 4.75. The summed E-state index contributed by atoms with van der Waals surface area (Å²) in [5.41, 5.74) is 7.28. The minimum atomic E-state index is -0.175. The van der Waals surface area contributed by atoms with Gasteiger partial charge in [-0.25, -0.2) is 4.98 Å². The molecule has 3 N–H and O–H groups in total. The lowest BCUT2D eigenvalue weighted by Crippen LogP contribution is -2.02. The fourth-order valence-electron chi connectivity index (χ4n) is 2.21. The monoisotopic (exact) mass is 373 g/mol. The van der Waals surface area contributed by atoms with Crippen LogP contribution in [0.5, 0.6) is 5.75 Å². The standard InChI is InChI=1S/C18H16ClN3O2S/c1-2-24-14-9-7-13(8-10-14)21-18-22-17(20)16(25-18)15(23)11-3-5-12(19)6-4-11/h3-10H,2,20H2,1H3,(H,21,22). The molecule has 0 spiro atoms. The number of ketones is 1. The predicted molar refractivity (Wildman–Crippen MR) is 102 cm³/mol. The van der Waals surface area contributed by atoms with Gasteiger partial charge in [-0.15, -0.1) is 0 Å². The van der Waals surface area contributed by atoms with Crippen LogP contribution in [-0.2, 0) is 0 Å². The van der Waals surface area contributed by atoms with E-state index < -0.39 is 0 Å². The number of nitrogens with zero attached hydrogens (tertiary/aromatic N) is 1. The molecule has 0 saturated carbocycles. The Kier molecular flexibility index (Phi) is 5.21. The molecule has 0 atom stereocenters. The van der Waals surface area contributed by atoms with E-state index in [4.69, 9.17) is 22.1 Å². The second-order valence-corrected chi connectivity index (χ2v) is 6.59. The van der Waals surface area contributed by atoms with Crippen molar-refractivity contribution in [2.75, 3.05) is 17.7 Å². The van der Waals surface area contributed by atoms with Crippen LogP contribution in [0.15, 0.2) is 48.5 Å². The molecule has 0 unspecified atom stereocenters. The van der Waals surface area contributed by atoms with Gasteiger partial charge in [0.15, 0.2) is 5.13 Å². The zero-order valence-corrected chi connectivity index (χ0v) is 15.0. The van der Waals surface area contributed by atoms with Crippen molar-refractivity contribution in [3.8, 4) is 5.75 Å². The Morgan fingerprint density at radius 1 is 1.20 bits per heavy atom. The third-order valence-electron chi connectivity index (χ3n) is 3.38. The number of hydrogen-bond donors (Lipinski definition) is 2. The number of rotatable bonds is 6. The van der Waals surface area contributed by atoms with Gasteiger partial charge in [-0.1, -0.05) is 22.9 Å². The van der Waals surface area contributed by atoms with Crippen LogP contribution in [-0.4, -0.2) is 17.4 Å². The van der Waals surface area contributed by atoms with Gasteiger partial charge < -0.3 is 15.8 Å². The average Bonchev–Trinajstić information content (AvgIpc) is 2.97. The summed E-state index contributed by atoms with van der Waals surface area (Å²) < 4.78 is 5.41. The van der Waals surface area contributed by atoms with Gasteiger partial charge in [0.2, 0.25) is 5.78 Å². The Bertz CT molecular complexity index is 876. The smallest absolute Gasteiger partial charge is 0.206 e. The number of hydrogen-bond acceptors (Lipinski definition) is 6. The maximum Gasteiger partial charge on any atom is 0.206 e. The van der Waals surface area contributed by atoms with Crippen LogP contribution in [0.2, 0.25) is 5.02 Å². The molecule has 0 aliphatic rings. The number of nitrogens with two attached hydrogens (primary N) is 1. The van der Waals surface area contributed by atoms with Gasteiger partial charge in [0.25, 0.3) is 0 Å². The van der Waals surface area contributed by atoms with E-state index in [1.165, 1.54) is 11.3 Å². The largest absolute Gasteiger partial charge is 0.494 e. The molecule has 0 saturated heterocycles. The Morgan fingerprint density at radius 2 is 1.88 bits per heavy atom. The second-order valence-electron chi connectivity index (χ2n) is 5.15. The van der Waals surface area contributed by atoms with Gasteiger partial charge in [0.1, 0.15) is 16.4 Å². The molecular formula is C18H16ClN3O2S. The first-order chi connectivity index (χ1) is 12.1. The summed E-state index contributed by atoms with van der Waals surface area (Å²) >= 11 is 7.07. The van der Waals surface area contributed by atoms with Crippen molar-refractivity contribution >= 4 is 45.4 Å². The number of benzene rings is 2. The molecule has 3 aromatic rings. The highest BCUT2D eigenvalue weighted by Crippen LogP contribution is 2.30. The number of aromatic nitrogens is 1. The fraction of sp³-hybridized carbons (Fsp3) is 0.111. The first-order valence-electron chi connectivity index (χ1n) is 7.63. The average molecular weight is 374 g/mol. The molecule has 0 fully saturated rings. The number of nitrogens with one attached hydrogen (secondary N) is 1. The lowest BCUT2D eigenvalue weighted by atomic mass is 10.1. The summed E-state index contributed by atoms with van der Waals surface area (Å²) in [7, 11) is 0. The molecule has 0 bridgehead atoms. The van der Waals surface area contributed by atoms with Gasteiger partial charge in [0.05, 0.1) is 6.61 Å². The molecule has 7 heteroatoms. The lowest BCUT2D eigenvalue weighted by Gasteiger charge is -2.05. The Labute approximate surface area is 154 Å². The zero-order chi connectivity index (χ0) is 17.8. The minimum absolute atomic E-state index is 0.175. The van der Waals surface area contributed by atoms with E-state index >= 15 is 0 Å². The Balaban J connectivity index is 1.77. The van der Waals surface area contributed by atoms with Crippen LogP contribution >= 0.6 is 22.9 Å². The molecule has 0 amide bonds. The highest BCUT2D eigenvalue weighted by Gasteiger charge is 2.18. The summed E-state index contributed by atoms with van der Waals surface area (Å²) in [5.74, 6) is 0.829. The van der Waals surface area contributed by atoms with Crippen molar-refractivity contribution < 1.29 is 9.53 Å². The van der Waals surface area contributed by atoms with Crippen LogP contribution in [0.1, 0.15) is 22.2 Å². The van der Waals surface area contributed by atoms with E-state index in [9.17, 15) is 4.79 Å². The molecule has 25 heavy (non-hydrogen) atoms. The third kappa shape index (κ3) is 4.10. The zero-order valence-electron chi connectivity index (χ0n) is 13.5. The number of ether oxygens (including phenoxy) is 1. The molecule has 1 heterocycles. The van der Waals surface area contributed by atoms with E-state index in [2.05, 4.69) is 10.3 Å². The Morgan fingerprint density at radius 3 is 2.52 bits per heavy atom. The lowest BCUT2D eigenvalue weighted by molar-refractivity contribution is 0.104. The quantitative estimate of drug-likeness (QED) is 0.609. The van der Waals surface area contributed by atoms with Crippen LogP contribution in [0, 0.1) is 0 Å². The summed E-state index contributed by atoms with van der Waals surface area (Å²) in [4.78, 5) is 17.2. The SMILES string of the molecule is CCOc1ccc(Nc2nc(N)c(C(=O)c3ccc(Cl)cc3)s2)cc1. The molecule has 5 nitrogen and oxygen atoms in total. The number of nitrogen functional groups attached to an aromatic ring is 1. The molecular weight excluding hydrogens is 358 g/mol. The fourth-order valence-corrected chi connectivity index (χ4v) is 3.20. The molecule has 0 radical (unpaired) electrons. The summed E-state index contributed by atoms with van der Waals surface area (Å²) in [6.07, 6.45) is 0. The Hall–Kier alpha value is -2.57. The van der Waals surface area contributed by atoms with Crippen molar-refractivity contribution in [3.63, 3.8) is 0 Å². The topological polar surface area (TPSA) is 77.2 Å². The van der Waals surface area contributed by atoms with Crippen molar-refractivity contribution in [1.29, 1.82) is 0 Å². The van der Waals surface area contributed by atoms with Crippen molar-refractivity contribution in [2.24, 2.45) is 0 Å². The van der Waals surface area contributed by atoms with E-state index in [1.807, 2.05) is 31.2 Å². The van der Waals surface area contributed by atoms with Crippen molar-refractivity contribution in [3.05, 3.63) is 64.0 Å². The number of carbonyl (C=O) groups excluding carboxylic acids is 1. The van der Waals surface area contributed by atoms with Crippen LogP contribution in [0.25, 0.3) is 0 Å². The van der Waals surface area contributed by atoms with E-state index in [1.54, 1.807) is 24.3 Å². The summed E-state index contributed by atoms with van der Waals surface area (Å²) in [5, 5.41) is 4.28. The summed E-state index contributed by atoms with van der Waals surface area (Å²) in [6, 6.07) is 14.2. The van der Waals surface area contributed by atoms with Crippen LogP contribution < -0.4 is 15.8 Å². The molecule has 3 rings (SSSR count). The summed E-state index contributed by atoms with van der Waals surface area (Å²) in [6.45, 7) is 2.55. The molecule has 2 aromatic carbocycles. The number of halogens is 1. The molecule has 1 aromatic heterocycles. The van der Waals surface area contributed by atoms with E-state index in [-0.39, 0.29) is 11.6 Å². The maximum absolute atomic E-state index is 12.6. The highest BCUT2D eigenvalue weighted by atomic mass is 35.5. The van der Waals surface area contributed by atoms with Gasteiger partial charge >= 0.3 is 0 Å². The van der Waals surface area contributed by atoms with Gasteiger partial charge in [-0.2, -0.15) is 0 Å². The third-order valence-corrected chi connectivity index (χ3v) is 4.62. The highest BCUT2D eigenvalue weighted by molar-refractivity contribution is 7.18. The molecule has 0 aliphatic heterocycles. The van der Waals surface area contributed by atoms with Crippen LogP contribution in [0.3, 0.4) is 0 Å². The first kappa shape index (κ1) is 17.3. The number of thiazole rings is 1. The maximum atomic E-state index is 12.6. The van der Waals surface area contributed by atoms with Gasteiger partial charge in [0, 0.05) is 16.3 Å². The molecule has 128 valence electrons. The normalized spacial score (nSPS) is 10.5. The van der Waals surface area contributed by atoms with Crippen molar-refractivity contribution in [1.82, 2.24) is 4.98 Å². The second kappa shape index (κ2) is 7.55.